The number of hydrogen-bond donors (Lipinski definition) is 4. The molecule has 0 radical (unpaired) electrons. The molecule has 1 amide bonds. The highest BCUT2D eigenvalue weighted by atomic mass is 16.4. The summed E-state index contributed by atoms with van der Waals surface area (Å²) < 4.78 is 5.60. The fourth-order valence-corrected chi connectivity index (χ4v) is 3.15. The first kappa shape index (κ1) is 21.3. The summed E-state index contributed by atoms with van der Waals surface area (Å²) in [5, 5.41) is 24.5. The number of carbonyl (C=O) groups excluding carboxylic acids is 1. The second-order valence-electron chi connectivity index (χ2n) is 7.27. The van der Waals surface area contributed by atoms with Crippen molar-refractivity contribution in [3.63, 3.8) is 0 Å². The third-order valence-electron chi connectivity index (χ3n) is 4.77. The van der Waals surface area contributed by atoms with Crippen LogP contribution in [-0.2, 0) is 0 Å². The van der Waals surface area contributed by atoms with Gasteiger partial charge in [0.25, 0.3) is 0 Å². The van der Waals surface area contributed by atoms with Gasteiger partial charge < -0.3 is 25.8 Å². The van der Waals surface area contributed by atoms with E-state index in [1.165, 1.54) is 11.2 Å². The van der Waals surface area contributed by atoms with Gasteiger partial charge in [0.1, 0.15) is 0 Å². The number of nitrogens with two attached hydrogens (primary N) is 2. The summed E-state index contributed by atoms with van der Waals surface area (Å²) in [5.74, 6) is 5.44. The van der Waals surface area contributed by atoms with Gasteiger partial charge in [-0.1, -0.05) is 6.07 Å². The van der Waals surface area contributed by atoms with Gasteiger partial charge in [-0.3, -0.25) is 4.79 Å². The number of carbonyl (C=O) groups is 1. The molecule has 0 bridgehead atoms. The van der Waals surface area contributed by atoms with Crippen LogP contribution in [0.3, 0.4) is 0 Å². The van der Waals surface area contributed by atoms with Gasteiger partial charge in [-0.2, -0.15) is 5.26 Å². The normalized spacial score (nSPS) is 17.8. The Bertz CT molecular complexity index is 937. The van der Waals surface area contributed by atoms with Crippen LogP contribution in [0.2, 0.25) is 0 Å². The molecule has 1 aromatic heterocycles. The van der Waals surface area contributed by atoms with Crippen LogP contribution in [0.4, 0.5) is 0 Å². The molecule has 1 aliphatic carbocycles. The summed E-state index contributed by atoms with van der Waals surface area (Å²) >= 11 is 0. The second-order valence-corrected chi connectivity index (χ2v) is 7.27. The highest BCUT2D eigenvalue weighted by Gasteiger charge is 2.29. The van der Waals surface area contributed by atoms with Crippen molar-refractivity contribution in [2.45, 2.75) is 31.2 Å². The molecule has 6 N–H and O–H groups in total. The molecule has 10 heteroatoms. The molecule has 2 aromatic rings. The molecule has 1 aliphatic heterocycles. The summed E-state index contributed by atoms with van der Waals surface area (Å²) in [6.45, 7) is 1.65. The van der Waals surface area contributed by atoms with E-state index >= 15 is 0 Å². The Morgan fingerprint density at radius 2 is 2.20 bits per heavy atom. The maximum Gasteiger partial charge on any atom is 0.309 e. The van der Waals surface area contributed by atoms with Crippen LogP contribution in [0, 0.1) is 11.3 Å². The summed E-state index contributed by atoms with van der Waals surface area (Å²) in [7, 11) is 1.70. The van der Waals surface area contributed by atoms with E-state index in [-0.39, 0.29) is 17.8 Å². The van der Waals surface area contributed by atoms with Crippen molar-refractivity contribution in [2.24, 2.45) is 11.6 Å². The zero-order chi connectivity index (χ0) is 21.5. The van der Waals surface area contributed by atoms with Crippen molar-refractivity contribution in [1.82, 2.24) is 25.8 Å². The lowest BCUT2D eigenvalue weighted by atomic mass is 10.0. The third kappa shape index (κ3) is 5.56. The molecule has 2 fully saturated rings. The Labute approximate surface area is 174 Å². The SMILES string of the molecule is CN(N)/C=C\N.N#Cc1ccc(C2CC2)c(-c2nnc(C(=O)NC3CCNC3)o2)c1. The molecular formula is C20H26N8O2. The second kappa shape index (κ2) is 9.87. The van der Waals surface area contributed by atoms with Crippen molar-refractivity contribution in [3.05, 3.63) is 47.6 Å². The topological polar surface area (TPSA) is 159 Å². The maximum atomic E-state index is 12.2. The van der Waals surface area contributed by atoms with E-state index in [1.54, 1.807) is 25.4 Å². The summed E-state index contributed by atoms with van der Waals surface area (Å²) in [5.41, 5.74) is 7.32. The molecule has 2 heterocycles. The maximum absolute atomic E-state index is 12.2. The van der Waals surface area contributed by atoms with Crippen LogP contribution in [0.25, 0.3) is 11.5 Å². The van der Waals surface area contributed by atoms with Crippen molar-refractivity contribution >= 4 is 5.91 Å². The number of hydrogen-bond acceptors (Lipinski definition) is 9. The fourth-order valence-electron chi connectivity index (χ4n) is 3.15. The van der Waals surface area contributed by atoms with Crippen LogP contribution in [0.15, 0.2) is 35.0 Å². The monoisotopic (exact) mass is 410 g/mol. The molecule has 158 valence electrons. The van der Waals surface area contributed by atoms with Crippen LogP contribution in [0.1, 0.15) is 47.0 Å². The average molecular weight is 410 g/mol. The number of rotatable bonds is 5. The van der Waals surface area contributed by atoms with Gasteiger partial charge in [0.05, 0.1) is 11.6 Å². The highest BCUT2D eigenvalue weighted by molar-refractivity contribution is 5.90. The minimum absolute atomic E-state index is 0.0407. The highest BCUT2D eigenvalue weighted by Crippen LogP contribution is 2.44. The molecule has 2 aliphatic rings. The Morgan fingerprint density at radius 3 is 2.77 bits per heavy atom. The van der Waals surface area contributed by atoms with Crippen LogP contribution < -0.4 is 22.2 Å². The van der Waals surface area contributed by atoms with Gasteiger partial charge in [-0.15, -0.1) is 10.2 Å². The largest absolute Gasteiger partial charge is 0.412 e. The van der Waals surface area contributed by atoms with Crippen molar-refractivity contribution < 1.29 is 9.21 Å². The predicted octanol–water partition coefficient (Wildman–Crippen LogP) is 0.799. The van der Waals surface area contributed by atoms with Crippen LogP contribution in [-0.4, -0.2) is 47.3 Å². The number of nitrogens with one attached hydrogen (secondary N) is 2. The Hall–Kier alpha value is -3.42. The number of hydrazine groups is 1. The third-order valence-corrected chi connectivity index (χ3v) is 4.77. The molecule has 1 unspecified atom stereocenters. The zero-order valence-corrected chi connectivity index (χ0v) is 16.8. The molecule has 10 nitrogen and oxygen atoms in total. The smallest absolute Gasteiger partial charge is 0.309 e. The van der Waals surface area contributed by atoms with Gasteiger partial charge in [-0.25, -0.2) is 5.84 Å². The van der Waals surface area contributed by atoms with Crippen LogP contribution in [0.5, 0.6) is 0 Å². The van der Waals surface area contributed by atoms with Crippen molar-refractivity contribution in [3.8, 4) is 17.5 Å². The Kier molecular flexibility index (Phi) is 7.00. The number of aromatic nitrogens is 2. The molecule has 1 saturated heterocycles. The van der Waals surface area contributed by atoms with E-state index in [9.17, 15) is 4.79 Å². The number of amides is 1. The molecule has 30 heavy (non-hydrogen) atoms. The van der Waals surface area contributed by atoms with E-state index in [0.29, 0.717) is 17.4 Å². The minimum Gasteiger partial charge on any atom is -0.412 e. The molecule has 0 spiro atoms. The van der Waals surface area contributed by atoms with E-state index in [1.807, 2.05) is 6.07 Å². The lowest BCUT2D eigenvalue weighted by Gasteiger charge is -2.08. The summed E-state index contributed by atoms with van der Waals surface area (Å²) in [4.78, 5) is 12.2. The standard InChI is InChI=1S/C17H17N5O2.C3H9N3/c18-8-10-1-4-13(11-2-3-11)14(7-10)16-21-22-17(24-16)15(23)20-12-5-6-19-9-12;1-6(5)3-2-4/h1,4,7,11-12,19H,2-3,5-6,9H2,(H,20,23);2-3H,4-5H2,1H3/b;3-2-. The van der Waals surface area contributed by atoms with Gasteiger partial charge in [0.2, 0.25) is 5.89 Å². The van der Waals surface area contributed by atoms with E-state index in [2.05, 4.69) is 26.9 Å². The lowest BCUT2D eigenvalue weighted by Crippen LogP contribution is -2.36. The van der Waals surface area contributed by atoms with Gasteiger partial charge in [-0.05, 0) is 49.4 Å². The van der Waals surface area contributed by atoms with Crippen molar-refractivity contribution in [1.29, 1.82) is 5.26 Å². The summed E-state index contributed by atoms with van der Waals surface area (Å²) in [6.07, 6.45) is 6.06. The van der Waals surface area contributed by atoms with E-state index in [4.69, 9.17) is 21.3 Å². The molecule has 1 saturated carbocycles. The molecular weight excluding hydrogens is 384 g/mol. The summed E-state index contributed by atoms with van der Waals surface area (Å²) in [6, 6.07) is 7.72. The average Bonchev–Trinajstić information content (AvgIpc) is 3.23. The Balaban J connectivity index is 0.000000377. The number of nitriles is 1. The molecule has 1 atom stereocenters. The van der Waals surface area contributed by atoms with E-state index < -0.39 is 0 Å². The van der Waals surface area contributed by atoms with Crippen molar-refractivity contribution in [2.75, 3.05) is 20.1 Å². The first-order valence-electron chi connectivity index (χ1n) is 9.77. The number of nitrogens with zero attached hydrogens (tertiary/aromatic N) is 4. The number of benzene rings is 1. The van der Waals surface area contributed by atoms with Gasteiger partial charge in [0.15, 0.2) is 0 Å². The van der Waals surface area contributed by atoms with Crippen LogP contribution >= 0.6 is 0 Å². The zero-order valence-electron chi connectivity index (χ0n) is 16.8. The first-order chi connectivity index (χ1) is 14.5. The van der Waals surface area contributed by atoms with Gasteiger partial charge >= 0.3 is 11.8 Å². The van der Waals surface area contributed by atoms with E-state index in [0.717, 1.165) is 43.5 Å². The van der Waals surface area contributed by atoms with Gasteiger partial charge in [0, 0.05) is 37.6 Å². The lowest BCUT2D eigenvalue weighted by molar-refractivity contribution is 0.0905. The molecule has 1 aromatic carbocycles. The first-order valence-corrected chi connectivity index (χ1v) is 9.77. The minimum atomic E-state index is -0.355. The molecule has 4 rings (SSSR count). The Morgan fingerprint density at radius 1 is 1.40 bits per heavy atom. The fraction of sp³-hybridized carbons (Fsp3) is 0.400. The predicted molar refractivity (Wildman–Crippen MR) is 110 cm³/mol. The quantitative estimate of drug-likeness (QED) is 0.413.